The number of fused-ring (bicyclic) bond motifs is 1. The van der Waals surface area contributed by atoms with Gasteiger partial charge in [-0.3, -0.25) is 14.7 Å². The van der Waals surface area contributed by atoms with Crippen molar-refractivity contribution in [2.45, 2.75) is 58.0 Å². The first kappa shape index (κ1) is 19.1. The number of amides is 1. The number of carbonyl (C=O) groups is 1. The minimum absolute atomic E-state index is 0.212. The molecule has 7 nitrogen and oxygen atoms in total. The number of hydrogen-bond donors (Lipinski definition) is 1. The third-order valence-corrected chi connectivity index (χ3v) is 5.93. The van der Waals surface area contributed by atoms with Crippen LogP contribution >= 0.6 is 0 Å². The lowest BCUT2D eigenvalue weighted by Gasteiger charge is -2.20. The van der Waals surface area contributed by atoms with Gasteiger partial charge in [0.2, 0.25) is 5.91 Å². The average molecular weight is 383 g/mol. The topological polar surface area (TPSA) is 75.9 Å². The van der Waals surface area contributed by atoms with E-state index >= 15 is 0 Å². The number of aromatic nitrogens is 4. The Morgan fingerprint density at radius 2 is 2.00 bits per heavy atom. The highest BCUT2D eigenvalue weighted by Gasteiger charge is 2.22. The molecule has 0 spiro atoms. The molecule has 1 saturated carbocycles. The minimum atomic E-state index is 0.212. The monoisotopic (exact) mass is 382 g/mol. The molecule has 28 heavy (non-hydrogen) atoms. The Hall–Kier alpha value is -2.28. The molecule has 2 aliphatic rings. The molecule has 0 radical (unpaired) electrons. The standard InChI is InChI=1S/C21H30N6O/c28-21(17-6-2-1-3-7-17)23-12-9-19-24-25-20-10-13-26(14-15-27(19)20)16-18-8-4-5-11-22-18/h4-5,8,11,17H,1-3,6-7,9-10,12-16H2,(H,23,28). The third kappa shape index (κ3) is 4.76. The van der Waals surface area contributed by atoms with Gasteiger partial charge in [0.1, 0.15) is 11.6 Å². The summed E-state index contributed by atoms with van der Waals surface area (Å²) < 4.78 is 2.24. The van der Waals surface area contributed by atoms with Crippen molar-refractivity contribution in [1.29, 1.82) is 0 Å². The first-order chi connectivity index (χ1) is 13.8. The van der Waals surface area contributed by atoms with Gasteiger partial charge in [-0.25, -0.2) is 0 Å². The Morgan fingerprint density at radius 3 is 2.82 bits per heavy atom. The zero-order chi connectivity index (χ0) is 19.2. The number of nitrogens with one attached hydrogen (secondary N) is 1. The van der Waals surface area contributed by atoms with Crippen molar-refractivity contribution in [1.82, 2.24) is 30.0 Å². The van der Waals surface area contributed by atoms with E-state index in [-0.39, 0.29) is 11.8 Å². The Kier molecular flexibility index (Phi) is 6.31. The maximum atomic E-state index is 12.3. The van der Waals surface area contributed by atoms with Crippen molar-refractivity contribution in [2.24, 2.45) is 5.92 Å². The fourth-order valence-corrected chi connectivity index (χ4v) is 4.30. The van der Waals surface area contributed by atoms with Crippen molar-refractivity contribution < 1.29 is 4.79 Å². The Balaban J connectivity index is 1.28. The first-order valence-corrected chi connectivity index (χ1v) is 10.6. The SMILES string of the molecule is O=C(NCCc1nnc2n1CCN(Cc1ccccn1)CC2)C1CCCCC1. The lowest BCUT2D eigenvalue weighted by molar-refractivity contribution is -0.125. The predicted octanol–water partition coefficient (Wildman–Crippen LogP) is 1.97. The molecular weight excluding hydrogens is 352 g/mol. The summed E-state index contributed by atoms with van der Waals surface area (Å²) in [5, 5.41) is 11.9. The van der Waals surface area contributed by atoms with E-state index in [0.717, 1.165) is 69.2 Å². The smallest absolute Gasteiger partial charge is 0.223 e. The second kappa shape index (κ2) is 9.28. The van der Waals surface area contributed by atoms with Crippen molar-refractivity contribution in [3.8, 4) is 0 Å². The van der Waals surface area contributed by atoms with Crippen LogP contribution in [0.25, 0.3) is 0 Å². The quantitative estimate of drug-likeness (QED) is 0.827. The van der Waals surface area contributed by atoms with Crippen LogP contribution in [0.4, 0.5) is 0 Å². The summed E-state index contributed by atoms with van der Waals surface area (Å²) in [7, 11) is 0. The van der Waals surface area contributed by atoms with Crippen LogP contribution in [0.1, 0.15) is 49.4 Å². The summed E-state index contributed by atoms with van der Waals surface area (Å²) in [4.78, 5) is 19.2. The van der Waals surface area contributed by atoms with E-state index in [1.54, 1.807) is 0 Å². The van der Waals surface area contributed by atoms with E-state index < -0.39 is 0 Å². The highest BCUT2D eigenvalue weighted by atomic mass is 16.1. The van der Waals surface area contributed by atoms with E-state index in [2.05, 4.69) is 36.0 Å². The molecule has 1 fully saturated rings. The summed E-state index contributed by atoms with van der Waals surface area (Å²) in [6.07, 6.45) is 9.21. The van der Waals surface area contributed by atoms with Gasteiger partial charge < -0.3 is 9.88 Å². The van der Waals surface area contributed by atoms with Gasteiger partial charge in [-0.1, -0.05) is 25.3 Å². The summed E-state index contributed by atoms with van der Waals surface area (Å²) in [6.45, 7) is 4.33. The highest BCUT2D eigenvalue weighted by Crippen LogP contribution is 2.23. The van der Waals surface area contributed by atoms with Crippen LogP contribution in [-0.2, 0) is 30.7 Å². The molecule has 0 atom stereocenters. The van der Waals surface area contributed by atoms with Gasteiger partial charge in [0.15, 0.2) is 0 Å². The van der Waals surface area contributed by atoms with Gasteiger partial charge in [-0.15, -0.1) is 10.2 Å². The Labute approximate surface area is 166 Å². The van der Waals surface area contributed by atoms with Crippen molar-refractivity contribution >= 4 is 5.91 Å². The van der Waals surface area contributed by atoms with Gasteiger partial charge in [-0.05, 0) is 25.0 Å². The van der Waals surface area contributed by atoms with Crippen LogP contribution in [0.3, 0.4) is 0 Å². The molecule has 0 unspecified atom stereocenters. The lowest BCUT2D eigenvalue weighted by Crippen LogP contribution is -2.33. The lowest BCUT2D eigenvalue weighted by atomic mass is 9.89. The molecule has 0 saturated heterocycles. The molecule has 1 aliphatic carbocycles. The normalized spacial score (nSPS) is 18.4. The largest absolute Gasteiger partial charge is 0.355 e. The van der Waals surface area contributed by atoms with Crippen LogP contribution in [0.2, 0.25) is 0 Å². The molecule has 1 aliphatic heterocycles. The van der Waals surface area contributed by atoms with E-state index in [1.807, 2.05) is 18.3 Å². The Bertz CT molecular complexity index is 768. The minimum Gasteiger partial charge on any atom is -0.355 e. The number of carbonyl (C=O) groups excluding carboxylic acids is 1. The molecule has 7 heteroatoms. The summed E-state index contributed by atoms with van der Waals surface area (Å²) in [5.41, 5.74) is 1.10. The molecule has 3 heterocycles. The molecular formula is C21H30N6O. The number of pyridine rings is 1. The van der Waals surface area contributed by atoms with E-state index in [1.165, 1.54) is 19.3 Å². The molecule has 0 bridgehead atoms. The number of rotatable bonds is 6. The van der Waals surface area contributed by atoms with Gasteiger partial charge >= 0.3 is 0 Å². The first-order valence-electron chi connectivity index (χ1n) is 10.6. The molecule has 2 aromatic rings. The fraction of sp³-hybridized carbons (Fsp3) is 0.619. The van der Waals surface area contributed by atoms with Gasteiger partial charge in [0.05, 0.1) is 5.69 Å². The average Bonchev–Trinajstić information content (AvgIpc) is 3.01. The van der Waals surface area contributed by atoms with Crippen LogP contribution in [0.15, 0.2) is 24.4 Å². The molecule has 150 valence electrons. The maximum absolute atomic E-state index is 12.3. The molecule has 2 aromatic heterocycles. The molecule has 1 amide bonds. The summed E-state index contributed by atoms with van der Waals surface area (Å²) in [6, 6.07) is 6.06. The van der Waals surface area contributed by atoms with Crippen LogP contribution < -0.4 is 5.32 Å². The van der Waals surface area contributed by atoms with E-state index in [0.29, 0.717) is 6.54 Å². The second-order valence-corrected chi connectivity index (χ2v) is 7.91. The van der Waals surface area contributed by atoms with Crippen molar-refractivity contribution in [3.05, 3.63) is 41.7 Å². The molecule has 1 N–H and O–H groups in total. The molecule has 4 rings (SSSR count). The third-order valence-electron chi connectivity index (χ3n) is 5.93. The van der Waals surface area contributed by atoms with Crippen LogP contribution in [0.5, 0.6) is 0 Å². The maximum Gasteiger partial charge on any atom is 0.223 e. The predicted molar refractivity (Wildman–Crippen MR) is 107 cm³/mol. The zero-order valence-corrected chi connectivity index (χ0v) is 16.5. The van der Waals surface area contributed by atoms with E-state index in [4.69, 9.17) is 0 Å². The van der Waals surface area contributed by atoms with Crippen LogP contribution in [0, 0.1) is 5.92 Å². The second-order valence-electron chi connectivity index (χ2n) is 7.91. The number of nitrogens with zero attached hydrogens (tertiary/aromatic N) is 5. The summed E-state index contributed by atoms with van der Waals surface area (Å²) >= 11 is 0. The Morgan fingerprint density at radius 1 is 1.11 bits per heavy atom. The fourth-order valence-electron chi connectivity index (χ4n) is 4.30. The van der Waals surface area contributed by atoms with Crippen molar-refractivity contribution in [3.63, 3.8) is 0 Å². The van der Waals surface area contributed by atoms with Gasteiger partial charge in [0.25, 0.3) is 0 Å². The van der Waals surface area contributed by atoms with E-state index in [9.17, 15) is 4.79 Å². The van der Waals surface area contributed by atoms with Gasteiger partial charge in [-0.2, -0.15) is 0 Å². The number of hydrogen-bond acceptors (Lipinski definition) is 5. The van der Waals surface area contributed by atoms with Crippen molar-refractivity contribution in [2.75, 3.05) is 19.6 Å². The van der Waals surface area contributed by atoms with Gasteiger partial charge in [0, 0.05) is 57.7 Å². The summed E-state index contributed by atoms with van der Waals surface area (Å²) in [5.74, 6) is 2.47. The molecule has 0 aromatic carbocycles. The highest BCUT2D eigenvalue weighted by molar-refractivity contribution is 5.78. The van der Waals surface area contributed by atoms with Crippen LogP contribution in [-0.4, -0.2) is 50.2 Å². The zero-order valence-electron chi connectivity index (χ0n) is 16.5.